The molecular weight excluding hydrogens is 319 g/mol. The lowest BCUT2D eigenvalue weighted by Gasteiger charge is -1.98. The Labute approximate surface area is 122 Å². The number of H-pyrrole nitrogens is 1. The summed E-state index contributed by atoms with van der Waals surface area (Å²) in [5.74, 6) is -0.805. The third-order valence-electron chi connectivity index (χ3n) is 2.91. The van der Waals surface area contributed by atoms with Crippen molar-refractivity contribution in [3.63, 3.8) is 0 Å². The molecule has 2 heterocycles. The Hall–Kier alpha value is -2.04. The van der Waals surface area contributed by atoms with Gasteiger partial charge in [0, 0.05) is 11.8 Å². The zero-order valence-electron chi connectivity index (χ0n) is 10.6. The summed E-state index contributed by atoms with van der Waals surface area (Å²) >= 11 is 1.13. The highest BCUT2D eigenvalue weighted by atomic mass is 32.2. The van der Waals surface area contributed by atoms with Crippen LogP contribution in [-0.4, -0.2) is 28.2 Å². The van der Waals surface area contributed by atoms with Crippen molar-refractivity contribution >= 4 is 37.5 Å². The van der Waals surface area contributed by atoms with Gasteiger partial charge >= 0.3 is 0 Å². The second kappa shape index (κ2) is 4.48. The van der Waals surface area contributed by atoms with E-state index in [9.17, 15) is 12.8 Å². The second-order valence-electron chi connectivity index (χ2n) is 4.35. The Bertz CT molecular complexity index is 942. The lowest BCUT2D eigenvalue weighted by molar-refractivity contribution is 0.474. The number of anilines is 1. The number of nitrogens with zero attached hydrogens (tertiary/aromatic N) is 2. The maximum Gasteiger partial charge on any atom is 0.297 e. The van der Waals surface area contributed by atoms with Crippen LogP contribution in [0.25, 0.3) is 20.8 Å². The quantitative estimate of drug-likeness (QED) is 0.618. The molecule has 0 saturated heterocycles. The summed E-state index contributed by atoms with van der Waals surface area (Å²) in [6.45, 7) is 1.76. The third kappa shape index (κ3) is 2.26. The van der Waals surface area contributed by atoms with Gasteiger partial charge in [-0.3, -0.25) is 9.65 Å². The molecule has 110 valence electrons. The molecule has 0 radical (unpaired) electrons. The Kier molecular flexibility index (Phi) is 2.97. The van der Waals surface area contributed by atoms with Gasteiger partial charge in [-0.05, 0) is 13.0 Å². The molecule has 0 aliphatic heterocycles. The fourth-order valence-electron chi connectivity index (χ4n) is 1.95. The molecular formula is C11H9FN4O3S2. The number of aryl methyl sites for hydroxylation is 1. The molecule has 1 aromatic carbocycles. The number of aromatic amines is 1. The third-order valence-corrected chi connectivity index (χ3v) is 4.81. The van der Waals surface area contributed by atoms with E-state index in [0.29, 0.717) is 21.0 Å². The van der Waals surface area contributed by atoms with Gasteiger partial charge < -0.3 is 5.73 Å². The Balaban J connectivity index is 2.27. The van der Waals surface area contributed by atoms with E-state index in [2.05, 4.69) is 15.2 Å². The van der Waals surface area contributed by atoms with Crippen LogP contribution in [-0.2, 0) is 10.1 Å². The Morgan fingerprint density at radius 2 is 2.14 bits per heavy atom. The van der Waals surface area contributed by atoms with Crippen LogP contribution >= 0.6 is 11.3 Å². The van der Waals surface area contributed by atoms with Crippen molar-refractivity contribution in [3.8, 4) is 10.6 Å². The Morgan fingerprint density at radius 3 is 2.71 bits per heavy atom. The molecule has 0 amide bonds. The van der Waals surface area contributed by atoms with Gasteiger partial charge in [-0.2, -0.15) is 13.5 Å². The minimum absolute atomic E-state index is 0.252. The van der Waals surface area contributed by atoms with Gasteiger partial charge in [-0.1, -0.05) is 0 Å². The van der Waals surface area contributed by atoms with E-state index >= 15 is 0 Å². The monoisotopic (exact) mass is 328 g/mol. The van der Waals surface area contributed by atoms with Crippen LogP contribution in [0.4, 0.5) is 10.2 Å². The number of benzene rings is 1. The van der Waals surface area contributed by atoms with Crippen LogP contribution in [0.15, 0.2) is 17.0 Å². The largest absolute Gasteiger partial charge is 0.382 e. The molecule has 3 rings (SSSR count). The summed E-state index contributed by atoms with van der Waals surface area (Å²) < 4.78 is 45.3. The fraction of sp³-hybridized carbons (Fsp3) is 0.0909. The number of rotatable bonds is 2. The van der Waals surface area contributed by atoms with Gasteiger partial charge in [0.25, 0.3) is 10.1 Å². The minimum Gasteiger partial charge on any atom is -0.382 e. The summed E-state index contributed by atoms with van der Waals surface area (Å²) in [5.41, 5.74) is 7.30. The molecule has 10 heteroatoms. The maximum absolute atomic E-state index is 13.7. The molecule has 21 heavy (non-hydrogen) atoms. The van der Waals surface area contributed by atoms with Gasteiger partial charge in [-0.15, -0.1) is 11.3 Å². The zero-order valence-corrected chi connectivity index (χ0v) is 12.2. The van der Waals surface area contributed by atoms with Crippen molar-refractivity contribution < 1.29 is 17.4 Å². The lowest BCUT2D eigenvalue weighted by Crippen LogP contribution is -2.01. The molecule has 0 unspecified atom stereocenters. The lowest BCUT2D eigenvalue weighted by atomic mass is 10.2. The average Bonchev–Trinajstić information content (AvgIpc) is 2.90. The first-order valence-electron chi connectivity index (χ1n) is 5.66. The number of hydrogen-bond acceptors (Lipinski definition) is 6. The number of thiazole rings is 1. The van der Waals surface area contributed by atoms with E-state index < -0.39 is 20.8 Å². The highest BCUT2D eigenvalue weighted by Gasteiger charge is 2.20. The summed E-state index contributed by atoms with van der Waals surface area (Å²) in [4.78, 5) is 3.45. The molecule has 3 aromatic rings. The molecule has 0 bridgehead atoms. The van der Waals surface area contributed by atoms with Crippen molar-refractivity contribution in [2.24, 2.45) is 0 Å². The van der Waals surface area contributed by atoms with E-state index in [1.807, 2.05) is 0 Å². The van der Waals surface area contributed by atoms with Gasteiger partial charge in [0.15, 0.2) is 5.82 Å². The molecule has 0 atom stereocenters. The predicted molar refractivity (Wildman–Crippen MR) is 76.1 cm³/mol. The van der Waals surface area contributed by atoms with Crippen LogP contribution in [0.1, 0.15) is 5.69 Å². The number of nitrogen functional groups attached to an aromatic ring is 1. The number of fused-ring (bicyclic) bond motifs is 1. The van der Waals surface area contributed by atoms with Crippen LogP contribution in [0.2, 0.25) is 0 Å². The highest BCUT2D eigenvalue weighted by Crippen LogP contribution is 2.35. The second-order valence-corrected chi connectivity index (χ2v) is 6.77. The molecule has 4 N–H and O–H groups in total. The summed E-state index contributed by atoms with van der Waals surface area (Å²) in [5, 5.41) is 7.04. The van der Waals surface area contributed by atoms with Gasteiger partial charge in [0.2, 0.25) is 0 Å². The van der Waals surface area contributed by atoms with E-state index in [0.717, 1.165) is 23.5 Å². The zero-order chi connectivity index (χ0) is 15.4. The smallest absolute Gasteiger partial charge is 0.297 e. The SMILES string of the molecule is Cc1[nH]nc(N)c1-c1nc2cc(F)c(S(=O)(=O)O)cc2s1. The molecule has 0 fully saturated rings. The Morgan fingerprint density at radius 1 is 1.43 bits per heavy atom. The summed E-state index contributed by atoms with van der Waals surface area (Å²) in [6, 6.07) is 2.01. The van der Waals surface area contributed by atoms with Gasteiger partial charge in [0.1, 0.15) is 15.7 Å². The molecule has 0 saturated carbocycles. The number of aromatic nitrogens is 3. The predicted octanol–water partition coefficient (Wildman–Crippen LogP) is 1.96. The van der Waals surface area contributed by atoms with Crippen molar-refractivity contribution in [3.05, 3.63) is 23.6 Å². The fourth-order valence-corrected chi connectivity index (χ4v) is 3.70. The standard InChI is InChI=1S/C11H9FN4O3S2/c1-4-9(10(13)16-15-4)11-14-6-2-5(12)8(21(17,18)19)3-7(6)20-11/h2-3H,1H3,(H3,13,15,16)(H,17,18,19). The minimum atomic E-state index is -4.63. The van der Waals surface area contributed by atoms with Gasteiger partial charge in [0.05, 0.1) is 15.8 Å². The summed E-state index contributed by atoms with van der Waals surface area (Å²) in [7, 11) is -4.63. The molecule has 2 aromatic heterocycles. The average molecular weight is 328 g/mol. The van der Waals surface area contributed by atoms with Gasteiger partial charge in [-0.25, -0.2) is 9.37 Å². The first-order chi connectivity index (χ1) is 9.77. The van der Waals surface area contributed by atoms with Crippen molar-refractivity contribution in [1.29, 1.82) is 0 Å². The van der Waals surface area contributed by atoms with E-state index in [4.69, 9.17) is 10.3 Å². The first-order valence-corrected chi connectivity index (χ1v) is 7.91. The van der Waals surface area contributed by atoms with Crippen LogP contribution < -0.4 is 5.73 Å². The highest BCUT2D eigenvalue weighted by molar-refractivity contribution is 7.85. The van der Waals surface area contributed by atoms with E-state index in [1.54, 1.807) is 6.92 Å². The van der Waals surface area contributed by atoms with Crippen molar-refractivity contribution in [1.82, 2.24) is 15.2 Å². The maximum atomic E-state index is 13.7. The van der Waals surface area contributed by atoms with Crippen molar-refractivity contribution in [2.75, 3.05) is 5.73 Å². The van der Waals surface area contributed by atoms with Crippen LogP contribution in [0.3, 0.4) is 0 Å². The number of nitrogens with one attached hydrogen (secondary N) is 1. The van der Waals surface area contributed by atoms with E-state index in [-0.39, 0.29) is 11.3 Å². The molecule has 0 aliphatic rings. The summed E-state index contributed by atoms with van der Waals surface area (Å²) in [6.07, 6.45) is 0. The number of nitrogens with two attached hydrogens (primary N) is 1. The molecule has 0 spiro atoms. The van der Waals surface area contributed by atoms with Crippen LogP contribution in [0.5, 0.6) is 0 Å². The molecule has 7 nitrogen and oxygen atoms in total. The number of hydrogen-bond donors (Lipinski definition) is 3. The van der Waals surface area contributed by atoms with E-state index in [1.165, 1.54) is 0 Å². The molecule has 0 aliphatic carbocycles. The number of halogens is 1. The van der Waals surface area contributed by atoms with Crippen molar-refractivity contribution in [2.45, 2.75) is 11.8 Å². The topological polar surface area (TPSA) is 122 Å². The first kappa shape index (κ1) is 13.9. The van der Waals surface area contributed by atoms with Crippen LogP contribution in [0, 0.1) is 12.7 Å². The normalized spacial score (nSPS) is 12.1.